The second-order valence-electron chi connectivity index (χ2n) is 5.64. The first-order chi connectivity index (χ1) is 11.2. The Bertz CT molecular complexity index is 740. The smallest absolute Gasteiger partial charge is 0.339 e. The molecule has 2 rings (SSSR count). The monoisotopic (exact) mass is 359 g/mol. The van der Waals surface area contributed by atoms with Crippen molar-refractivity contribution in [3.63, 3.8) is 0 Å². The van der Waals surface area contributed by atoms with E-state index < -0.39 is 44.6 Å². The van der Waals surface area contributed by atoms with E-state index in [0.29, 0.717) is 25.7 Å². The minimum atomic E-state index is -4.14. The van der Waals surface area contributed by atoms with Crippen LogP contribution in [0.5, 0.6) is 0 Å². The van der Waals surface area contributed by atoms with Crippen molar-refractivity contribution >= 4 is 22.0 Å². The maximum Gasteiger partial charge on any atom is 0.339 e. The fourth-order valence-corrected chi connectivity index (χ4v) is 4.25. The topological polar surface area (TPSA) is 110 Å². The number of rotatable bonds is 5. The van der Waals surface area contributed by atoms with Gasteiger partial charge in [0.2, 0.25) is 10.0 Å². The van der Waals surface area contributed by atoms with Crippen LogP contribution < -0.4 is 4.72 Å². The quantitative estimate of drug-likeness (QED) is 0.772. The number of sulfonamides is 1. The molecule has 132 valence electrons. The van der Waals surface area contributed by atoms with Gasteiger partial charge in [0.05, 0.1) is 23.5 Å². The number of nitrogens with one attached hydrogen (secondary N) is 1. The highest BCUT2D eigenvalue weighted by atomic mass is 32.2. The summed E-state index contributed by atoms with van der Waals surface area (Å²) < 4.78 is 45.4. The molecule has 0 radical (unpaired) electrons. The van der Waals surface area contributed by atoms with Gasteiger partial charge in [-0.25, -0.2) is 22.3 Å². The highest BCUT2D eigenvalue weighted by Crippen LogP contribution is 2.26. The van der Waals surface area contributed by atoms with Crippen LogP contribution in [0.4, 0.5) is 4.39 Å². The van der Waals surface area contributed by atoms with Gasteiger partial charge in [0, 0.05) is 6.04 Å². The van der Waals surface area contributed by atoms with E-state index in [9.17, 15) is 22.4 Å². The molecular formula is C15H18FNO6S. The summed E-state index contributed by atoms with van der Waals surface area (Å²) in [7, 11) is -3.04. The maximum atomic E-state index is 13.5. The molecule has 1 aliphatic rings. The highest BCUT2D eigenvalue weighted by Gasteiger charge is 2.31. The number of halogens is 1. The fourth-order valence-electron chi connectivity index (χ4n) is 2.74. The predicted octanol–water partition coefficient (Wildman–Crippen LogP) is 1.53. The van der Waals surface area contributed by atoms with Gasteiger partial charge in [-0.2, -0.15) is 0 Å². The number of benzene rings is 1. The van der Waals surface area contributed by atoms with Crippen LogP contribution in [0.1, 0.15) is 36.0 Å². The van der Waals surface area contributed by atoms with Crippen molar-refractivity contribution in [3.05, 3.63) is 29.6 Å². The summed E-state index contributed by atoms with van der Waals surface area (Å²) in [5.41, 5.74) is -0.259. The second kappa shape index (κ2) is 7.27. The second-order valence-corrected chi connectivity index (χ2v) is 7.32. The minimum Gasteiger partial charge on any atom is -0.481 e. The molecule has 24 heavy (non-hydrogen) atoms. The molecule has 0 aromatic heterocycles. The molecule has 0 unspecified atom stereocenters. The Hall–Kier alpha value is -2.00. The number of esters is 1. The van der Waals surface area contributed by atoms with Crippen LogP contribution >= 0.6 is 0 Å². The lowest BCUT2D eigenvalue weighted by Gasteiger charge is -2.26. The van der Waals surface area contributed by atoms with E-state index in [4.69, 9.17) is 5.11 Å². The van der Waals surface area contributed by atoms with Gasteiger partial charge in [-0.15, -0.1) is 0 Å². The van der Waals surface area contributed by atoms with Gasteiger partial charge in [-0.1, -0.05) is 0 Å². The van der Waals surface area contributed by atoms with Crippen molar-refractivity contribution < 1.29 is 32.2 Å². The minimum absolute atomic E-state index is 0.259. The first-order valence-corrected chi connectivity index (χ1v) is 8.86. The number of methoxy groups -OCH3 is 1. The van der Waals surface area contributed by atoms with Crippen LogP contribution in [0.15, 0.2) is 23.1 Å². The summed E-state index contributed by atoms with van der Waals surface area (Å²) in [6.07, 6.45) is 1.43. The largest absolute Gasteiger partial charge is 0.481 e. The zero-order chi connectivity index (χ0) is 17.9. The van der Waals surface area contributed by atoms with Crippen LogP contribution in [-0.2, 0) is 19.6 Å². The molecule has 0 atom stereocenters. The third-order valence-electron chi connectivity index (χ3n) is 4.04. The molecule has 0 spiro atoms. The molecule has 0 bridgehead atoms. The van der Waals surface area contributed by atoms with Gasteiger partial charge >= 0.3 is 11.9 Å². The van der Waals surface area contributed by atoms with E-state index in [1.807, 2.05) is 0 Å². The highest BCUT2D eigenvalue weighted by molar-refractivity contribution is 7.89. The SMILES string of the molecule is COC(=O)c1ccc(F)cc1S(=O)(=O)NC1CCC(C(=O)O)CC1. The number of carboxylic acids is 1. The Kier molecular flexibility index (Phi) is 5.55. The molecule has 0 heterocycles. The molecule has 2 N–H and O–H groups in total. The Morgan fingerprint density at radius 2 is 1.88 bits per heavy atom. The van der Waals surface area contributed by atoms with Crippen LogP contribution in [0.25, 0.3) is 0 Å². The normalized spacial score (nSPS) is 21.2. The van der Waals surface area contributed by atoms with Gasteiger partial charge in [0.15, 0.2) is 0 Å². The average Bonchev–Trinajstić information content (AvgIpc) is 2.54. The number of hydrogen-bond donors (Lipinski definition) is 2. The van der Waals surface area contributed by atoms with E-state index in [1.54, 1.807) is 0 Å². The van der Waals surface area contributed by atoms with Crippen LogP contribution in [0.2, 0.25) is 0 Å². The van der Waals surface area contributed by atoms with Crippen molar-refractivity contribution in [1.29, 1.82) is 0 Å². The fraction of sp³-hybridized carbons (Fsp3) is 0.467. The average molecular weight is 359 g/mol. The van der Waals surface area contributed by atoms with Gasteiger partial charge in [0.1, 0.15) is 5.82 Å². The number of carbonyl (C=O) groups is 2. The van der Waals surface area contributed by atoms with Gasteiger partial charge in [-0.05, 0) is 43.9 Å². The summed E-state index contributed by atoms with van der Waals surface area (Å²) in [6.45, 7) is 0. The summed E-state index contributed by atoms with van der Waals surface area (Å²) in [5.74, 6) is -3.05. The molecule has 0 aliphatic heterocycles. The first-order valence-electron chi connectivity index (χ1n) is 7.37. The molecule has 0 amide bonds. The first kappa shape index (κ1) is 18.3. The van der Waals surface area contributed by atoms with E-state index in [-0.39, 0.29) is 5.56 Å². The molecule has 7 nitrogen and oxygen atoms in total. The summed E-state index contributed by atoms with van der Waals surface area (Å²) >= 11 is 0. The van der Waals surface area contributed by atoms with E-state index in [1.165, 1.54) is 0 Å². The van der Waals surface area contributed by atoms with Crippen molar-refractivity contribution in [2.24, 2.45) is 5.92 Å². The van der Waals surface area contributed by atoms with Gasteiger partial charge in [0.25, 0.3) is 0 Å². The molecule has 0 saturated heterocycles. The molecule has 9 heteroatoms. The van der Waals surface area contributed by atoms with Crippen molar-refractivity contribution in [2.75, 3.05) is 7.11 Å². The van der Waals surface area contributed by atoms with Crippen molar-refractivity contribution in [1.82, 2.24) is 4.72 Å². The zero-order valence-corrected chi connectivity index (χ0v) is 13.8. The van der Waals surface area contributed by atoms with Crippen LogP contribution in [-0.4, -0.2) is 38.6 Å². The van der Waals surface area contributed by atoms with E-state index >= 15 is 0 Å². The summed E-state index contributed by atoms with van der Waals surface area (Å²) in [5, 5.41) is 8.96. The third-order valence-corrected chi connectivity index (χ3v) is 5.60. The number of ether oxygens (including phenoxy) is 1. The third kappa shape index (κ3) is 4.09. The molecule has 1 aliphatic carbocycles. The van der Waals surface area contributed by atoms with E-state index in [2.05, 4.69) is 9.46 Å². The zero-order valence-electron chi connectivity index (χ0n) is 13.0. The summed E-state index contributed by atoms with van der Waals surface area (Å²) in [4.78, 5) is 22.1. The lowest BCUT2D eigenvalue weighted by Crippen LogP contribution is -2.39. The Labute approximate surface area is 138 Å². The number of carbonyl (C=O) groups excluding carboxylic acids is 1. The number of aliphatic carboxylic acids is 1. The lowest BCUT2D eigenvalue weighted by atomic mass is 9.87. The van der Waals surface area contributed by atoms with Crippen LogP contribution in [0.3, 0.4) is 0 Å². The number of hydrogen-bond acceptors (Lipinski definition) is 5. The maximum absolute atomic E-state index is 13.5. The standard InChI is InChI=1S/C15H18FNO6S/c1-23-15(20)12-7-4-10(16)8-13(12)24(21,22)17-11-5-2-9(3-6-11)14(18)19/h4,7-9,11,17H,2-3,5-6H2,1H3,(H,18,19). The molecule has 1 aromatic carbocycles. The van der Waals surface area contributed by atoms with Gasteiger partial charge in [-0.3, -0.25) is 4.79 Å². The predicted molar refractivity (Wildman–Crippen MR) is 81.4 cm³/mol. The van der Waals surface area contributed by atoms with Crippen molar-refractivity contribution in [3.8, 4) is 0 Å². The Morgan fingerprint density at radius 1 is 1.25 bits per heavy atom. The molecule has 1 saturated carbocycles. The lowest BCUT2D eigenvalue weighted by molar-refractivity contribution is -0.142. The molecule has 1 fully saturated rings. The Balaban J connectivity index is 2.21. The Morgan fingerprint density at radius 3 is 2.42 bits per heavy atom. The van der Waals surface area contributed by atoms with Crippen molar-refractivity contribution in [2.45, 2.75) is 36.6 Å². The van der Waals surface area contributed by atoms with E-state index in [0.717, 1.165) is 25.3 Å². The van der Waals surface area contributed by atoms with Crippen LogP contribution in [0, 0.1) is 11.7 Å². The molecule has 1 aromatic rings. The summed E-state index contributed by atoms with van der Waals surface area (Å²) in [6, 6.07) is 2.33. The molecular weight excluding hydrogens is 341 g/mol. The number of carboxylic acid groups (broad SMARTS) is 1. The van der Waals surface area contributed by atoms with Gasteiger partial charge < -0.3 is 9.84 Å².